The highest BCUT2D eigenvalue weighted by molar-refractivity contribution is 5.83. The number of rotatable bonds is 5. The molecule has 3 rings (SSSR count). The Morgan fingerprint density at radius 2 is 1.89 bits per heavy atom. The van der Waals surface area contributed by atoms with Gasteiger partial charge in [-0.15, -0.1) is 0 Å². The Kier molecular flexibility index (Phi) is 3.61. The smallest absolute Gasteiger partial charge is 0.206 e. The largest absolute Gasteiger partial charge is 0.310 e. The summed E-state index contributed by atoms with van der Waals surface area (Å²) in [6.45, 7) is 6.23. The van der Waals surface area contributed by atoms with Crippen molar-refractivity contribution in [2.24, 2.45) is 0 Å². The van der Waals surface area contributed by atoms with Gasteiger partial charge in [0.2, 0.25) is 5.82 Å². The van der Waals surface area contributed by atoms with E-state index in [0.717, 1.165) is 0 Å². The van der Waals surface area contributed by atoms with Crippen LogP contribution in [0.15, 0.2) is 30.3 Å². The number of aromatic amines is 1. The average molecular weight is 257 g/mol. The van der Waals surface area contributed by atoms with E-state index in [1.54, 1.807) is 0 Å². The summed E-state index contributed by atoms with van der Waals surface area (Å²) in [4.78, 5) is 3.68. The number of nitrogens with zero attached hydrogens (tertiary/aromatic N) is 1. The van der Waals surface area contributed by atoms with Gasteiger partial charge in [-0.05, 0) is 18.9 Å². The van der Waals surface area contributed by atoms with E-state index in [1.807, 2.05) is 0 Å². The van der Waals surface area contributed by atoms with Crippen molar-refractivity contribution in [2.75, 3.05) is 19.6 Å². The van der Waals surface area contributed by atoms with Crippen molar-refractivity contribution in [1.29, 1.82) is 0 Å². The SMILES string of the molecule is CCCCC[N+]1(c2cc3ccccc3[nH]2)CCCC1. The maximum atomic E-state index is 3.68. The van der Waals surface area contributed by atoms with Crippen molar-refractivity contribution in [2.45, 2.75) is 39.0 Å². The summed E-state index contributed by atoms with van der Waals surface area (Å²) in [5.41, 5.74) is 1.29. The Balaban J connectivity index is 1.90. The van der Waals surface area contributed by atoms with Crippen LogP contribution >= 0.6 is 0 Å². The van der Waals surface area contributed by atoms with Crippen LogP contribution < -0.4 is 4.48 Å². The predicted octanol–water partition coefficient (Wildman–Crippen LogP) is 4.46. The second kappa shape index (κ2) is 5.38. The molecule has 0 atom stereocenters. The fraction of sp³-hybridized carbons (Fsp3) is 0.529. The van der Waals surface area contributed by atoms with Crippen molar-refractivity contribution in [3.63, 3.8) is 0 Å². The fourth-order valence-electron chi connectivity index (χ4n) is 3.50. The fourth-order valence-corrected chi connectivity index (χ4v) is 3.50. The van der Waals surface area contributed by atoms with E-state index in [2.05, 4.69) is 42.2 Å². The molecule has 0 aliphatic carbocycles. The van der Waals surface area contributed by atoms with Gasteiger partial charge in [-0.25, -0.2) is 0 Å². The molecule has 1 aliphatic rings. The van der Waals surface area contributed by atoms with E-state index >= 15 is 0 Å². The molecule has 1 N–H and O–H groups in total. The van der Waals surface area contributed by atoms with Crippen LogP contribution in [0.4, 0.5) is 5.82 Å². The molecule has 102 valence electrons. The zero-order valence-corrected chi connectivity index (χ0v) is 12.0. The zero-order chi connectivity index (χ0) is 13.1. The first-order valence-corrected chi connectivity index (χ1v) is 7.78. The second-order valence-electron chi connectivity index (χ2n) is 5.97. The summed E-state index contributed by atoms with van der Waals surface area (Å²) in [6, 6.07) is 11.0. The van der Waals surface area contributed by atoms with Gasteiger partial charge in [0.25, 0.3) is 0 Å². The molecule has 1 aromatic carbocycles. The number of hydrogen-bond donors (Lipinski definition) is 1. The molecule has 0 spiro atoms. The van der Waals surface area contributed by atoms with Crippen LogP contribution in [0.2, 0.25) is 0 Å². The summed E-state index contributed by atoms with van der Waals surface area (Å²) in [7, 11) is 0. The van der Waals surface area contributed by atoms with Crippen LogP contribution in [0.3, 0.4) is 0 Å². The molecule has 1 aromatic heterocycles. The maximum absolute atomic E-state index is 3.68. The number of quaternary nitrogens is 1. The van der Waals surface area contributed by atoms with E-state index in [-0.39, 0.29) is 0 Å². The van der Waals surface area contributed by atoms with Gasteiger partial charge in [-0.2, -0.15) is 0 Å². The highest BCUT2D eigenvalue weighted by atomic mass is 15.4. The molecular formula is C17H25N2+. The molecule has 19 heavy (non-hydrogen) atoms. The third kappa shape index (κ3) is 2.42. The first-order chi connectivity index (χ1) is 9.34. The molecule has 2 nitrogen and oxygen atoms in total. The molecule has 2 heterocycles. The molecule has 2 aromatic rings. The average Bonchev–Trinajstić information content (AvgIpc) is 3.06. The summed E-state index contributed by atoms with van der Waals surface area (Å²) in [5, 5.41) is 1.36. The van der Waals surface area contributed by atoms with Gasteiger partial charge in [0.1, 0.15) is 0 Å². The quantitative estimate of drug-likeness (QED) is 0.601. The number of nitrogens with one attached hydrogen (secondary N) is 1. The number of hydrogen-bond acceptors (Lipinski definition) is 0. The zero-order valence-electron chi connectivity index (χ0n) is 12.0. The Morgan fingerprint density at radius 1 is 1.11 bits per heavy atom. The molecule has 0 bridgehead atoms. The lowest BCUT2D eigenvalue weighted by Crippen LogP contribution is -2.47. The first-order valence-electron chi connectivity index (χ1n) is 7.78. The Morgan fingerprint density at radius 3 is 2.63 bits per heavy atom. The van der Waals surface area contributed by atoms with Crippen LogP contribution in [-0.2, 0) is 0 Å². The van der Waals surface area contributed by atoms with E-state index < -0.39 is 0 Å². The Labute approximate surface area is 116 Å². The number of fused-ring (bicyclic) bond motifs is 1. The highest BCUT2D eigenvalue weighted by Crippen LogP contribution is 2.32. The summed E-state index contributed by atoms with van der Waals surface area (Å²) in [6.07, 6.45) is 6.78. The Hall–Kier alpha value is -1.28. The normalized spacial score (nSPS) is 18.2. The van der Waals surface area contributed by atoms with Gasteiger partial charge in [-0.3, -0.25) is 4.48 Å². The van der Waals surface area contributed by atoms with E-state index in [4.69, 9.17) is 0 Å². The molecule has 1 saturated heterocycles. The number of aromatic nitrogens is 1. The van der Waals surface area contributed by atoms with Crippen LogP contribution in [0, 0.1) is 0 Å². The van der Waals surface area contributed by atoms with Crippen molar-refractivity contribution >= 4 is 16.7 Å². The van der Waals surface area contributed by atoms with Gasteiger partial charge in [-0.1, -0.05) is 31.5 Å². The van der Waals surface area contributed by atoms with Crippen molar-refractivity contribution in [1.82, 2.24) is 9.47 Å². The lowest BCUT2D eigenvalue weighted by atomic mass is 10.2. The summed E-state index contributed by atoms with van der Waals surface area (Å²) in [5.74, 6) is 1.44. The molecule has 1 fully saturated rings. The van der Waals surface area contributed by atoms with Gasteiger partial charge < -0.3 is 4.98 Å². The second-order valence-corrected chi connectivity index (χ2v) is 5.97. The monoisotopic (exact) mass is 257 g/mol. The van der Waals surface area contributed by atoms with Gasteiger partial charge in [0.15, 0.2) is 0 Å². The van der Waals surface area contributed by atoms with Crippen molar-refractivity contribution in [3.05, 3.63) is 30.3 Å². The van der Waals surface area contributed by atoms with E-state index in [0.29, 0.717) is 0 Å². The van der Waals surface area contributed by atoms with Crippen molar-refractivity contribution < 1.29 is 0 Å². The number of H-pyrrole nitrogens is 1. The highest BCUT2D eigenvalue weighted by Gasteiger charge is 2.35. The summed E-state index contributed by atoms with van der Waals surface area (Å²) < 4.78 is 1.19. The lowest BCUT2D eigenvalue weighted by Gasteiger charge is -2.32. The lowest BCUT2D eigenvalue weighted by molar-refractivity contribution is 0.318. The van der Waals surface area contributed by atoms with Crippen molar-refractivity contribution in [3.8, 4) is 0 Å². The summed E-state index contributed by atoms with van der Waals surface area (Å²) >= 11 is 0. The Bertz CT molecular complexity index is 502. The van der Waals surface area contributed by atoms with Gasteiger partial charge >= 0.3 is 0 Å². The minimum absolute atomic E-state index is 1.19. The van der Waals surface area contributed by atoms with Crippen LogP contribution in [0.5, 0.6) is 0 Å². The van der Waals surface area contributed by atoms with Crippen LogP contribution in [0.1, 0.15) is 39.0 Å². The third-order valence-electron chi connectivity index (χ3n) is 4.64. The minimum Gasteiger partial charge on any atom is -0.310 e. The first kappa shape index (κ1) is 12.7. The van der Waals surface area contributed by atoms with Crippen LogP contribution in [0.25, 0.3) is 10.9 Å². The molecule has 1 aliphatic heterocycles. The number of likely N-dealkylation sites (tertiary alicyclic amines) is 1. The molecule has 0 unspecified atom stereocenters. The molecule has 0 saturated carbocycles. The molecular weight excluding hydrogens is 232 g/mol. The van der Waals surface area contributed by atoms with Gasteiger partial charge in [0, 0.05) is 24.3 Å². The topological polar surface area (TPSA) is 15.8 Å². The molecule has 2 heteroatoms. The number of benzene rings is 1. The maximum Gasteiger partial charge on any atom is 0.206 e. The van der Waals surface area contributed by atoms with Gasteiger partial charge in [0.05, 0.1) is 25.2 Å². The number of unbranched alkanes of at least 4 members (excludes halogenated alkanes) is 2. The third-order valence-corrected chi connectivity index (χ3v) is 4.64. The van der Waals surface area contributed by atoms with E-state index in [1.165, 1.54) is 72.9 Å². The molecule has 0 radical (unpaired) electrons. The minimum atomic E-state index is 1.19. The predicted molar refractivity (Wildman–Crippen MR) is 83.5 cm³/mol. The molecule has 0 amide bonds. The number of para-hydroxylation sites is 1. The van der Waals surface area contributed by atoms with Crippen LogP contribution in [-0.4, -0.2) is 24.6 Å². The standard InChI is InChI=1S/C17H25N2/c1-2-3-6-11-19(12-7-8-13-19)17-14-15-9-4-5-10-16(15)18-17/h4-5,9-10,14,18H,2-3,6-8,11-13H2,1H3/q+1. The van der Waals surface area contributed by atoms with E-state index in [9.17, 15) is 0 Å².